The quantitative estimate of drug-likeness (QED) is 0.738. The maximum Gasteiger partial charge on any atom is 0.321 e. The molecule has 25 heavy (non-hydrogen) atoms. The van der Waals surface area contributed by atoms with Gasteiger partial charge in [-0.2, -0.15) is 0 Å². The van der Waals surface area contributed by atoms with Crippen LogP contribution >= 0.6 is 0 Å². The van der Waals surface area contributed by atoms with Gasteiger partial charge in [-0.1, -0.05) is 62.4 Å². The highest BCUT2D eigenvalue weighted by Crippen LogP contribution is 2.32. The largest absolute Gasteiger partial charge is 0.327 e. The fourth-order valence-electron chi connectivity index (χ4n) is 3.50. The van der Waals surface area contributed by atoms with E-state index in [4.69, 9.17) is 0 Å². The molecule has 0 aliphatic heterocycles. The van der Waals surface area contributed by atoms with Crippen LogP contribution in [0.15, 0.2) is 48.5 Å². The Morgan fingerprint density at radius 2 is 1.52 bits per heavy atom. The van der Waals surface area contributed by atoms with Crippen molar-refractivity contribution in [1.29, 1.82) is 0 Å². The summed E-state index contributed by atoms with van der Waals surface area (Å²) in [5.74, 6) is 0. The number of nitrogens with zero attached hydrogens (tertiary/aromatic N) is 1. The van der Waals surface area contributed by atoms with Gasteiger partial charge in [0, 0.05) is 24.7 Å². The van der Waals surface area contributed by atoms with Gasteiger partial charge in [0.2, 0.25) is 0 Å². The summed E-state index contributed by atoms with van der Waals surface area (Å²) in [5, 5.41) is 3.09. The molecule has 0 bridgehead atoms. The average molecular weight is 338 g/mol. The van der Waals surface area contributed by atoms with Gasteiger partial charge in [-0.15, -0.1) is 0 Å². The van der Waals surface area contributed by atoms with Gasteiger partial charge in [-0.25, -0.2) is 4.79 Å². The second-order valence-corrected chi connectivity index (χ2v) is 6.91. The second-order valence-electron chi connectivity index (χ2n) is 6.91. The van der Waals surface area contributed by atoms with Crippen LogP contribution < -0.4 is 5.32 Å². The Bertz CT molecular complexity index is 685. The third-order valence-corrected chi connectivity index (χ3v) is 5.34. The molecule has 0 heterocycles. The number of nitrogens with one attached hydrogen (secondary N) is 1. The Morgan fingerprint density at radius 1 is 0.960 bits per heavy atom. The monoisotopic (exact) mass is 338 g/mol. The topological polar surface area (TPSA) is 32.3 Å². The summed E-state index contributed by atoms with van der Waals surface area (Å²) >= 11 is 0. The van der Waals surface area contributed by atoms with E-state index in [1.807, 2.05) is 50.1 Å². The smallest absolute Gasteiger partial charge is 0.321 e. The molecule has 0 saturated heterocycles. The van der Waals surface area contributed by atoms with Crippen molar-refractivity contribution in [2.75, 3.05) is 18.9 Å². The fraction of sp³-hybridized carbons (Fsp3) is 0.409. The van der Waals surface area contributed by atoms with Crippen molar-refractivity contribution in [2.24, 2.45) is 0 Å². The first-order chi connectivity index (χ1) is 11.9. The number of para-hydroxylation sites is 1. The molecule has 2 aromatic rings. The van der Waals surface area contributed by atoms with Crippen LogP contribution in [0, 0.1) is 13.8 Å². The van der Waals surface area contributed by atoms with E-state index in [-0.39, 0.29) is 11.4 Å². The molecule has 0 unspecified atom stereocenters. The molecular formula is C22H30N2O. The van der Waals surface area contributed by atoms with E-state index in [1.54, 1.807) is 0 Å². The Kier molecular flexibility index (Phi) is 6.24. The van der Waals surface area contributed by atoms with E-state index in [0.717, 1.165) is 29.7 Å². The first kappa shape index (κ1) is 19.0. The number of likely N-dealkylation sites (N-methyl/N-ethyl adjacent to an activating group) is 1. The molecule has 1 N–H and O–H groups in total. The van der Waals surface area contributed by atoms with Crippen molar-refractivity contribution >= 4 is 11.7 Å². The van der Waals surface area contributed by atoms with Crippen LogP contribution in [0.1, 0.15) is 43.4 Å². The standard InChI is InChI=1S/C22H30N2O/c1-6-22(7-2,19-14-9-8-10-15-19)16-24(5)21(25)23-20-17(3)12-11-13-18(20)4/h8-15H,6-7,16H2,1-5H3,(H,23,25). The van der Waals surface area contributed by atoms with Crippen LogP contribution in [0.5, 0.6) is 0 Å². The molecular weight excluding hydrogens is 308 g/mol. The number of benzene rings is 2. The first-order valence-electron chi connectivity index (χ1n) is 9.07. The SMILES string of the molecule is CCC(CC)(CN(C)C(=O)Nc1c(C)cccc1C)c1ccccc1. The Balaban J connectivity index is 2.18. The van der Waals surface area contributed by atoms with Gasteiger partial charge in [0.05, 0.1) is 0 Å². The molecule has 0 fully saturated rings. The van der Waals surface area contributed by atoms with Crippen LogP contribution in [0.25, 0.3) is 0 Å². The number of amides is 2. The van der Waals surface area contributed by atoms with Crippen molar-refractivity contribution in [3.8, 4) is 0 Å². The summed E-state index contributed by atoms with van der Waals surface area (Å²) in [7, 11) is 1.88. The third kappa shape index (κ3) is 4.22. The highest BCUT2D eigenvalue weighted by molar-refractivity contribution is 5.91. The molecule has 2 aromatic carbocycles. The van der Waals surface area contributed by atoms with Crippen LogP contribution in [-0.4, -0.2) is 24.5 Å². The predicted octanol–water partition coefficient (Wildman–Crippen LogP) is 5.53. The molecule has 0 atom stereocenters. The van der Waals surface area contributed by atoms with Crippen molar-refractivity contribution in [1.82, 2.24) is 4.90 Å². The van der Waals surface area contributed by atoms with Gasteiger partial charge in [-0.05, 0) is 43.4 Å². The van der Waals surface area contributed by atoms with Crippen molar-refractivity contribution in [3.63, 3.8) is 0 Å². The number of urea groups is 1. The lowest BCUT2D eigenvalue weighted by Crippen LogP contribution is -2.43. The van der Waals surface area contributed by atoms with E-state index in [0.29, 0.717) is 6.54 Å². The lowest BCUT2D eigenvalue weighted by Gasteiger charge is -2.36. The van der Waals surface area contributed by atoms with Gasteiger partial charge in [-0.3, -0.25) is 0 Å². The number of anilines is 1. The molecule has 0 aliphatic rings. The van der Waals surface area contributed by atoms with E-state index < -0.39 is 0 Å². The molecule has 0 saturated carbocycles. The number of hydrogen-bond donors (Lipinski definition) is 1. The zero-order valence-corrected chi connectivity index (χ0v) is 16.1. The third-order valence-electron chi connectivity index (χ3n) is 5.34. The molecule has 0 radical (unpaired) electrons. The van der Waals surface area contributed by atoms with E-state index in [9.17, 15) is 4.79 Å². The first-order valence-corrected chi connectivity index (χ1v) is 9.07. The normalized spacial score (nSPS) is 11.2. The minimum Gasteiger partial charge on any atom is -0.327 e. The molecule has 3 nitrogen and oxygen atoms in total. The van der Waals surface area contributed by atoms with Gasteiger partial charge >= 0.3 is 6.03 Å². The molecule has 2 amide bonds. The fourth-order valence-corrected chi connectivity index (χ4v) is 3.50. The highest BCUT2D eigenvalue weighted by atomic mass is 16.2. The zero-order chi connectivity index (χ0) is 18.4. The van der Waals surface area contributed by atoms with Crippen molar-refractivity contribution in [2.45, 2.75) is 46.0 Å². The maximum atomic E-state index is 12.8. The molecule has 134 valence electrons. The van der Waals surface area contributed by atoms with Crippen LogP contribution in [-0.2, 0) is 5.41 Å². The number of carbonyl (C=O) groups excluding carboxylic acids is 1. The summed E-state index contributed by atoms with van der Waals surface area (Å²) < 4.78 is 0. The Morgan fingerprint density at radius 3 is 2.04 bits per heavy atom. The molecule has 2 rings (SSSR count). The van der Waals surface area contributed by atoms with Gasteiger partial charge in [0.1, 0.15) is 0 Å². The van der Waals surface area contributed by atoms with E-state index in [2.05, 4.69) is 43.4 Å². The summed E-state index contributed by atoms with van der Waals surface area (Å²) in [6, 6.07) is 16.5. The van der Waals surface area contributed by atoms with E-state index >= 15 is 0 Å². The molecule has 0 spiro atoms. The molecule has 3 heteroatoms. The summed E-state index contributed by atoms with van der Waals surface area (Å²) in [4.78, 5) is 14.6. The van der Waals surface area contributed by atoms with E-state index in [1.165, 1.54) is 5.56 Å². The number of hydrogen-bond acceptors (Lipinski definition) is 1. The Labute approximate surface area is 152 Å². The molecule has 0 aromatic heterocycles. The van der Waals surface area contributed by atoms with Gasteiger partial charge in [0.15, 0.2) is 0 Å². The lowest BCUT2D eigenvalue weighted by molar-refractivity contribution is 0.203. The minimum atomic E-state index is -0.0559. The minimum absolute atomic E-state index is 0.0197. The van der Waals surface area contributed by atoms with Crippen molar-refractivity contribution in [3.05, 3.63) is 65.2 Å². The second kappa shape index (κ2) is 8.19. The zero-order valence-electron chi connectivity index (χ0n) is 16.1. The van der Waals surface area contributed by atoms with Gasteiger partial charge in [0.25, 0.3) is 0 Å². The number of carbonyl (C=O) groups is 1. The summed E-state index contributed by atoms with van der Waals surface area (Å²) in [6.07, 6.45) is 1.99. The Hall–Kier alpha value is -2.29. The van der Waals surface area contributed by atoms with Crippen LogP contribution in [0.3, 0.4) is 0 Å². The van der Waals surface area contributed by atoms with Crippen molar-refractivity contribution < 1.29 is 4.79 Å². The number of aryl methyl sites for hydroxylation is 2. The number of rotatable bonds is 6. The maximum absolute atomic E-state index is 12.8. The summed E-state index contributed by atoms with van der Waals surface area (Å²) in [5.41, 5.74) is 4.36. The van der Waals surface area contributed by atoms with Gasteiger partial charge < -0.3 is 10.2 Å². The van der Waals surface area contributed by atoms with Crippen LogP contribution in [0.4, 0.5) is 10.5 Å². The predicted molar refractivity (Wildman–Crippen MR) is 106 cm³/mol. The highest BCUT2D eigenvalue weighted by Gasteiger charge is 2.31. The molecule has 0 aliphatic carbocycles. The lowest BCUT2D eigenvalue weighted by atomic mass is 9.75. The van der Waals surface area contributed by atoms with Crippen LogP contribution in [0.2, 0.25) is 0 Å². The summed E-state index contributed by atoms with van der Waals surface area (Å²) in [6.45, 7) is 9.15. The average Bonchev–Trinajstić information content (AvgIpc) is 2.63.